The molecule has 0 aromatic heterocycles. The van der Waals surface area contributed by atoms with Gasteiger partial charge in [-0.3, -0.25) is 4.79 Å². The van der Waals surface area contributed by atoms with E-state index < -0.39 is 6.09 Å². The standard InChI is InChI=1S/C8H10BrNO3/c1-5(9)4-6-2-3-10(7(6)11)8(12)13/h6H,1-4H2,(H,12,13). The van der Waals surface area contributed by atoms with Crippen molar-refractivity contribution in [1.82, 2.24) is 4.90 Å². The van der Waals surface area contributed by atoms with Crippen LogP contribution < -0.4 is 0 Å². The number of carbonyl (C=O) groups is 2. The smallest absolute Gasteiger partial charge is 0.414 e. The molecular formula is C8H10BrNO3. The molecule has 2 amide bonds. The Labute approximate surface area is 84.3 Å². The SMILES string of the molecule is C=C(Br)CC1CCN(C(=O)O)C1=O. The summed E-state index contributed by atoms with van der Waals surface area (Å²) in [4.78, 5) is 22.7. The highest BCUT2D eigenvalue weighted by molar-refractivity contribution is 9.11. The molecule has 0 aromatic rings. The number of imide groups is 1. The van der Waals surface area contributed by atoms with Crippen LogP contribution in [0.3, 0.4) is 0 Å². The highest BCUT2D eigenvalue weighted by Gasteiger charge is 2.35. The Morgan fingerprint density at radius 3 is 2.77 bits per heavy atom. The van der Waals surface area contributed by atoms with Crippen molar-refractivity contribution >= 4 is 27.9 Å². The monoisotopic (exact) mass is 247 g/mol. The molecule has 0 aliphatic carbocycles. The minimum atomic E-state index is -1.16. The third-order valence-corrected chi connectivity index (χ3v) is 2.34. The molecule has 1 rings (SSSR count). The highest BCUT2D eigenvalue weighted by atomic mass is 79.9. The maximum Gasteiger partial charge on any atom is 0.414 e. The molecule has 1 saturated heterocycles. The Morgan fingerprint density at radius 1 is 1.77 bits per heavy atom. The number of likely N-dealkylation sites (tertiary alicyclic amines) is 1. The average molecular weight is 248 g/mol. The van der Waals surface area contributed by atoms with Gasteiger partial charge in [-0.05, 0) is 17.3 Å². The summed E-state index contributed by atoms with van der Waals surface area (Å²) < 4.78 is 0.734. The van der Waals surface area contributed by atoms with E-state index in [9.17, 15) is 9.59 Å². The quantitative estimate of drug-likeness (QED) is 0.810. The molecule has 1 unspecified atom stereocenters. The van der Waals surface area contributed by atoms with Crippen LogP contribution in [0.25, 0.3) is 0 Å². The number of halogens is 1. The first-order chi connectivity index (χ1) is 6.02. The molecule has 13 heavy (non-hydrogen) atoms. The van der Waals surface area contributed by atoms with Gasteiger partial charge in [0.25, 0.3) is 0 Å². The third kappa shape index (κ3) is 2.30. The Hall–Kier alpha value is -0.840. The number of carbonyl (C=O) groups excluding carboxylic acids is 1. The zero-order valence-electron chi connectivity index (χ0n) is 6.99. The fourth-order valence-electron chi connectivity index (χ4n) is 1.39. The van der Waals surface area contributed by atoms with Crippen LogP contribution in [0.15, 0.2) is 11.1 Å². The largest absolute Gasteiger partial charge is 0.465 e. The van der Waals surface area contributed by atoms with Gasteiger partial charge >= 0.3 is 6.09 Å². The first-order valence-electron chi connectivity index (χ1n) is 3.90. The molecule has 0 aromatic carbocycles. The summed E-state index contributed by atoms with van der Waals surface area (Å²) >= 11 is 3.16. The first-order valence-corrected chi connectivity index (χ1v) is 4.69. The molecule has 0 saturated carbocycles. The van der Waals surface area contributed by atoms with Crippen LogP contribution >= 0.6 is 15.9 Å². The minimum absolute atomic E-state index is 0.219. The van der Waals surface area contributed by atoms with Gasteiger partial charge in [0.15, 0.2) is 0 Å². The molecule has 1 heterocycles. The predicted molar refractivity (Wildman–Crippen MR) is 50.5 cm³/mol. The number of hydrogen-bond donors (Lipinski definition) is 1. The van der Waals surface area contributed by atoms with E-state index in [-0.39, 0.29) is 11.8 Å². The fraction of sp³-hybridized carbons (Fsp3) is 0.500. The summed E-state index contributed by atoms with van der Waals surface area (Å²) in [6.07, 6.45) is -0.0501. The maximum atomic E-state index is 11.4. The molecule has 0 radical (unpaired) electrons. The van der Waals surface area contributed by atoms with Gasteiger partial charge in [-0.1, -0.05) is 22.5 Å². The van der Waals surface area contributed by atoms with Crippen LogP contribution in [0.4, 0.5) is 4.79 Å². The van der Waals surface area contributed by atoms with Crippen molar-refractivity contribution in [1.29, 1.82) is 0 Å². The Bertz CT molecular complexity index is 264. The molecule has 0 bridgehead atoms. The first kappa shape index (κ1) is 10.2. The van der Waals surface area contributed by atoms with Crippen molar-refractivity contribution in [2.45, 2.75) is 12.8 Å². The van der Waals surface area contributed by atoms with Crippen molar-refractivity contribution in [3.63, 3.8) is 0 Å². The van der Waals surface area contributed by atoms with E-state index in [0.29, 0.717) is 19.4 Å². The molecule has 1 aliphatic heterocycles. The van der Waals surface area contributed by atoms with Crippen LogP contribution in [0.2, 0.25) is 0 Å². The van der Waals surface area contributed by atoms with Crippen LogP contribution in [0.1, 0.15) is 12.8 Å². The lowest BCUT2D eigenvalue weighted by Crippen LogP contribution is -2.32. The Morgan fingerprint density at radius 2 is 2.38 bits per heavy atom. The van der Waals surface area contributed by atoms with E-state index in [1.54, 1.807) is 0 Å². The molecule has 5 heteroatoms. The summed E-state index contributed by atoms with van der Waals surface area (Å²) in [5.41, 5.74) is 0. The lowest BCUT2D eigenvalue weighted by Gasteiger charge is -2.09. The number of carboxylic acid groups (broad SMARTS) is 1. The molecule has 1 fully saturated rings. The minimum Gasteiger partial charge on any atom is -0.465 e. The van der Waals surface area contributed by atoms with Crippen molar-refractivity contribution in [2.75, 3.05) is 6.54 Å². The maximum absolute atomic E-state index is 11.4. The molecule has 1 aliphatic rings. The second-order valence-electron chi connectivity index (χ2n) is 2.98. The van der Waals surface area contributed by atoms with E-state index in [4.69, 9.17) is 5.11 Å². The van der Waals surface area contributed by atoms with Gasteiger partial charge in [-0.15, -0.1) is 0 Å². The zero-order chi connectivity index (χ0) is 10.0. The van der Waals surface area contributed by atoms with Gasteiger partial charge in [-0.2, -0.15) is 0 Å². The van der Waals surface area contributed by atoms with Gasteiger partial charge in [0.2, 0.25) is 5.91 Å². The molecule has 1 atom stereocenters. The van der Waals surface area contributed by atoms with Crippen molar-refractivity contribution < 1.29 is 14.7 Å². The number of amides is 2. The summed E-state index contributed by atoms with van der Waals surface area (Å²) in [6.45, 7) is 3.93. The average Bonchev–Trinajstić information content (AvgIpc) is 2.32. The molecular weight excluding hydrogens is 238 g/mol. The Kier molecular flexibility index (Phi) is 3.08. The van der Waals surface area contributed by atoms with Crippen molar-refractivity contribution in [2.24, 2.45) is 5.92 Å². The third-order valence-electron chi connectivity index (χ3n) is 2.02. The van der Waals surface area contributed by atoms with Crippen molar-refractivity contribution in [3.8, 4) is 0 Å². The highest BCUT2D eigenvalue weighted by Crippen LogP contribution is 2.26. The van der Waals surface area contributed by atoms with E-state index in [1.165, 1.54) is 0 Å². The van der Waals surface area contributed by atoms with Crippen LogP contribution in [0.5, 0.6) is 0 Å². The van der Waals surface area contributed by atoms with Gasteiger partial charge in [0.1, 0.15) is 0 Å². The van der Waals surface area contributed by atoms with E-state index >= 15 is 0 Å². The summed E-state index contributed by atoms with van der Waals surface area (Å²) in [5.74, 6) is -0.531. The van der Waals surface area contributed by atoms with Crippen LogP contribution in [-0.2, 0) is 4.79 Å². The number of allylic oxidation sites excluding steroid dienone is 1. The predicted octanol–water partition coefficient (Wildman–Crippen LogP) is 1.81. The number of rotatable bonds is 2. The van der Waals surface area contributed by atoms with E-state index in [1.807, 2.05) is 0 Å². The van der Waals surface area contributed by atoms with Gasteiger partial charge in [-0.25, -0.2) is 9.69 Å². The van der Waals surface area contributed by atoms with Crippen LogP contribution in [0, 0.1) is 5.92 Å². The molecule has 1 N–H and O–H groups in total. The van der Waals surface area contributed by atoms with Gasteiger partial charge in [0, 0.05) is 12.5 Å². The zero-order valence-corrected chi connectivity index (χ0v) is 8.58. The Balaban J connectivity index is 2.60. The molecule has 4 nitrogen and oxygen atoms in total. The molecule has 0 spiro atoms. The van der Waals surface area contributed by atoms with Gasteiger partial charge < -0.3 is 5.11 Å². The number of nitrogens with zero attached hydrogens (tertiary/aromatic N) is 1. The topological polar surface area (TPSA) is 57.6 Å². The van der Waals surface area contributed by atoms with Crippen molar-refractivity contribution in [3.05, 3.63) is 11.1 Å². The summed E-state index contributed by atoms with van der Waals surface area (Å²) in [6, 6.07) is 0. The number of hydrogen-bond acceptors (Lipinski definition) is 2. The van der Waals surface area contributed by atoms with Gasteiger partial charge in [0.05, 0.1) is 0 Å². The van der Waals surface area contributed by atoms with Crippen LogP contribution in [-0.4, -0.2) is 28.6 Å². The lowest BCUT2D eigenvalue weighted by molar-refractivity contribution is -0.129. The summed E-state index contributed by atoms with van der Waals surface area (Å²) in [7, 11) is 0. The lowest BCUT2D eigenvalue weighted by atomic mass is 10.0. The molecule has 72 valence electrons. The fourth-order valence-corrected chi connectivity index (χ4v) is 1.78. The van der Waals surface area contributed by atoms with E-state index in [2.05, 4.69) is 22.5 Å². The second-order valence-corrected chi connectivity index (χ2v) is 4.10. The second kappa shape index (κ2) is 3.91. The summed E-state index contributed by atoms with van der Waals surface area (Å²) in [5, 5.41) is 8.61. The van der Waals surface area contributed by atoms with E-state index in [0.717, 1.165) is 9.38 Å². The normalized spacial score (nSPS) is 22.1.